The molecule has 0 N–H and O–H groups in total. The van der Waals surface area contributed by atoms with Crippen molar-refractivity contribution in [2.45, 2.75) is 17.9 Å². The molecule has 0 unspecified atom stereocenters. The smallest absolute Gasteiger partial charge is 0.305 e. The van der Waals surface area contributed by atoms with E-state index in [-0.39, 0.29) is 18.3 Å². The molecular formula is C13H11F5IN3OS. The zero-order valence-corrected chi connectivity index (χ0v) is 15.1. The van der Waals surface area contributed by atoms with Crippen molar-refractivity contribution >= 4 is 44.4 Å². The quantitative estimate of drug-likeness (QED) is 0.430. The van der Waals surface area contributed by atoms with Gasteiger partial charge in [-0.15, -0.1) is 0 Å². The Bertz CT molecular complexity index is 834. The van der Waals surface area contributed by atoms with Crippen LogP contribution >= 0.6 is 32.8 Å². The van der Waals surface area contributed by atoms with Crippen molar-refractivity contribution in [1.82, 2.24) is 9.78 Å². The lowest BCUT2D eigenvalue weighted by atomic mass is 10.1. The van der Waals surface area contributed by atoms with E-state index in [0.717, 1.165) is 12.1 Å². The van der Waals surface area contributed by atoms with Crippen LogP contribution in [-0.4, -0.2) is 22.2 Å². The van der Waals surface area contributed by atoms with Crippen molar-refractivity contribution < 1.29 is 24.2 Å². The Morgan fingerprint density at radius 3 is 2.29 bits per heavy atom. The molecule has 11 heteroatoms. The van der Waals surface area contributed by atoms with Gasteiger partial charge in [0, 0.05) is 12.2 Å². The molecule has 1 aromatic carbocycles. The second kappa shape index (κ2) is 4.62. The van der Waals surface area contributed by atoms with Gasteiger partial charge in [-0.1, -0.05) is 19.4 Å². The van der Waals surface area contributed by atoms with Crippen LogP contribution in [0.5, 0.6) is 0 Å². The number of nitrogens with zero attached hydrogens (tertiary/aromatic N) is 3. The molecule has 0 saturated heterocycles. The van der Waals surface area contributed by atoms with Crippen LogP contribution in [0.3, 0.4) is 0 Å². The summed E-state index contributed by atoms with van der Waals surface area (Å²) < 4.78 is 66.0. The zero-order chi connectivity index (χ0) is 18.0. The molecule has 3 rings (SSSR count). The molecule has 1 aliphatic heterocycles. The third-order valence-corrected chi connectivity index (χ3v) is 5.61. The first kappa shape index (κ1) is 17.5. The maximum absolute atomic E-state index is 12.8. The van der Waals surface area contributed by atoms with Crippen LogP contribution in [0.4, 0.5) is 25.1 Å². The van der Waals surface area contributed by atoms with E-state index in [4.69, 9.17) is 0 Å². The molecule has 4 nitrogen and oxygen atoms in total. The second-order valence-electron chi connectivity index (χ2n) is 5.51. The van der Waals surface area contributed by atoms with E-state index in [1.54, 1.807) is 11.6 Å². The van der Waals surface area contributed by atoms with Crippen molar-refractivity contribution in [3.63, 3.8) is 0 Å². The average Bonchev–Trinajstić information content (AvgIpc) is 2.83. The molecule has 2 aromatic rings. The minimum Gasteiger partial charge on any atom is -0.305 e. The van der Waals surface area contributed by atoms with Crippen LogP contribution in [0.25, 0.3) is 0 Å². The summed E-state index contributed by atoms with van der Waals surface area (Å²) in [5.41, 5.74) is 0.451. The summed E-state index contributed by atoms with van der Waals surface area (Å²) in [6.07, 6.45) is 1.52. The predicted octanol–water partition coefficient (Wildman–Crippen LogP) is 5.37. The summed E-state index contributed by atoms with van der Waals surface area (Å²) in [6.45, 7) is 1.98. The van der Waals surface area contributed by atoms with Gasteiger partial charge in [-0.25, -0.2) is 0 Å². The van der Waals surface area contributed by atoms with E-state index in [9.17, 15) is 24.2 Å². The topological polar surface area (TPSA) is 38.1 Å². The molecule has 1 amide bonds. The molecule has 0 spiro atoms. The first-order chi connectivity index (χ1) is 10.8. The van der Waals surface area contributed by atoms with Gasteiger partial charge in [0.2, 0.25) is 0 Å². The summed E-state index contributed by atoms with van der Waals surface area (Å²) >= 11 is 1.94. The predicted molar refractivity (Wildman–Crippen MR) is 89.2 cm³/mol. The maximum atomic E-state index is 12.8. The zero-order valence-electron chi connectivity index (χ0n) is 12.1. The first-order valence-electron chi connectivity index (χ1n) is 6.67. The molecular weight excluding hydrogens is 468 g/mol. The van der Waals surface area contributed by atoms with Crippen LogP contribution in [-0.2, 0) is 0 Å². The van der Waals surface area contributed by atoms with Crippen molar-refractivity contribution in [1.29, 1.82) is 0 Å². The van der Waals surface area contributed by atoms with Gasteiger partial charge in [0.05, 0.1) is 15.8 Å². The number of amides is 1. The van der Waals surface area contributed by atoms with Crippen LogP contribution in [0.15, 0.2) is 35.4 Å². The van der Waals surface area contributed by atoms with Crippen LogP contribution in [0, 0.1) is 3.57 Å². The fraction of sp³-hybridized carbons (Fsp3) is 0.231. The average molecular weight is 479 g/mol. The largest absolute Gasteiger partial charge is 0.310 e. The molecule has 0 fully saturated rings. The maximum Gasteiger partial charge on any atom is 0.310 e. The van der Waals surface area contributed by atoms with E-state index >= 15 is 0 Å². The van der Waals surface area contributed by atoms with Gasteiger partial charge in [-0.3, -0.25) is 9.48 Å². The van der Waals surface area contributed by atoms with E-state index < -0.39 is 21.0 Å². The minimum absolute atomic E-state index is 0.126. The molecule has 1 atom stereocenters. The third kappa shape index (κ3) is 2.98. The Kier molecular flexibility index (Phi) is 3.36. The van der Waals surface area contributed by atoms with Crippen molar-refractivity contribution in [2.75, 3.05) is 11.4 Å². The molecule has 0 aliphatic carbocycles. The Morgan fingerprint density at radius 1 is 1.17 bits per heavy atom. The Balaban J connectivity index is 2.00. The van der Waals surface area contributed by atoms with E-state index in [2.05, 4.69) is 5.10 Å². The Morgan fingerprint density at radius 2 is 1.75 bits per heavy atom. The number of carbonyl (C=O) groups excluding carboxylic acids is 1. The molecule has 0 saturated carbocycles. The summed E-state index contributed by atoms with van der Waals surface area (Å²) in [5, 5.41) is 4.10. The molecule has 0 radical (unpaired) electrons. The Hall–Kier alpha value is -1.37. The van der Waals surface area contributed by atoms with Gasteiger partial charge in [0.25, 0.3) is 5.91 Å². The highest BCUT2D eigenvalue weighted by molar-refractivity contribution is 14.1. The molecule has 2 heterocycles. The number of rotatable bonds is 2. The molecule has 0 bridgehead atoms. The normalized spacial score (nSPS) is 21.2. The first-order valence-corrected chi connectivity index (χ1v) is 9.70. The lowest BCUT2D eigenvalue weighted by molar-refractivity contribution is 0.0952. The summed E-state index contributed by atoms with van der Waals surface area (Å²) in [5.74, 6) is -0.435. The number of anilines is 1. The van der Waals surface area contributed by atoms with Crippen LogP contribution < -0.4 is 4.90 Å². The molecule has 1 aromatic heterocycles. The summed E-state index contributed by atoms with van der Waals surface area (Å²) in [7, 11) is -9.72. The highest BCUT2D eigenvalue weighted by Gasteiger charge is 2.65. The molecule has 1 aliphatic rings. The number of halogens is 6. The highest BCUT2D eigenvalue weighted by atomic mass is 127. The fourth-order valence-electron chi connectivity index (χ4n) is 2.53. The summed E-state index contributed by atoms with van der Waals surface area (Å²) in [4.78, 5) is 11.8. The lowest BCUT2D eigenvalue weighted by Gasteiger charge is -2.40. The molecule has 132 valence electrons. The van der Waals surface area contributed by atoms with E-state index in [1.807, 2.05) is 22.6 Å². The standard InChI is InChI=1S/C13H11F5IN3OS/c1-8-7-21(13(23)12-11(19)6-20-22(8)12)9-2-4-10(5-3-9)24(14,15,16,17)18/h2-6,8H,7H2,1H3/t8-/m0/s1. The van der Waals surface area contributed by atoms with Crippen LogP contribution in [0.1, 0.15) is 23.5 Å². The monoisotopic (exact) mass is 479 g/mol. The number of aromatic nitrogens is 2. The van der Waals surface area contributed by atoms with Gasteiger partial charge in [0.1, 0.15) is 10.6 Å². The number of hydrogen-bond acceptors (Lipinski definition) is 2. The molecule has 24 heavy (non-hydrogen) atoms. The van der Waals surface area contributed by atoms with E-state index in [1.165, 1.54) is 11.1 Å². The van der Waals surface area contributed by atoms with Gasteiger partial charge in [-0.05, 0) is 53.8 Å². The number of fused-ring (bicyclic) bond motifs is 1. The highest BCUT2D eigenvalue weighted by Crippen LogP contribution is 3.02. The Labute approximate surface area is 147 Å². The second-order valence-corrected chi connectivity index (χ2v) is 9.08. The lowest BCUT2D eigenvalue weighted by Crippen LogP contribution is -2.43. The van der Waals surface area contributed by atoms with Gasteiger partial charge >= 0.3 is 10.2 Å². The van der Waals surface area contributed by atoms with Gasteiger partial charge in [-0.2, -0.15) is 5.10 Å². The van der Waals surface area contributed by atoms with Crippen molar-refractivity contribution in [2.24, 2.45) is 0 Å². The summed E-state index contributed by atoms with van der Waals surface area (Å²) in [6, 6.07) is 2.20. The fourth-order valence-corrected chi connectivity index (χ4v) is 3.79. The van der Waals surface area contributed by atoms with Crippen LogP contribution in [0.2, 0.25) is 0 Å². The van der Waals surface area contributed by atoms with Crippen molar-refractivity contribution in [3.05, 3.63) is 39.7 Å². The van der Waals surface area contributed by atoms with Crippen molar-refractivity contribution in [3.8, 4) is 0 Å². The third-order valence-electron chi connectivity index (χ3n) is 3.66. The van der Waals surface area contributed by atoms with Gasteiger partial charge < -0.3 is 4.90 Å². The van der Waals surface area contributed by atoms with E-state index in [0.29, 0.717) is 21.4 Å². The SMILES string of the molecule is C[C@H]1CN(c2ccc(S(F)(F)(F)(F)F)cc2)C(=O)c2c(I)cnn21. The number of benzene rings is 1. The minimum atomic E-state index is -9.72. The van der Waals surface area contributed by atoms with Gasteiger partial charge in [0.15, 0.2) is 0 Å². The number of carbonyl (C=O) groups is 1. The number of hydrogen-bond donors (Lipinski definition) is 0.